The highest BCUT2D eigenvalue weighted by atomic mass is 79.9. The molecule has 0 N–H and O–H groups in total. The second-order valence-electron chi connectivity index (χ2n) is 1.96. The maximum Gasteiger partial charge on any atom is 0.184 e. The van der Waals surface area contributed by atoms with E-state index in [0.29, 0.717) is 0 Å². The summed E-state index contributed by atoms with van der Waals surface area (Å²) in [6, 6.07) is 0. The van der Waals surface area contributed by atoms with Crippen LogP contribution in [0.3, 0.4) is 0 Å². The average molecular weight is 327 g/mol. The lowest BCUT2D eigenvalue weighted by Crippen LogP contribution is -1.72. The van der Waals surface area contributed by atoms with Gasteiger partial charge in [-0.1, -0.05) is 34.4 Å². The van der Waals surface area contributed by atoms with Crippen LogP contribution in [-0.4, -0.2) is 26.7 Å². The van der Waals surface area contributed by atoms with Crippen LogP contribution >= 0.6 is 62.1 Å². The number of halogens is 1. The fourth-order valence-electron chi connectivity index (χ4n) is 0.630. The number of thioether (sulfide) groups is 1. The highest BCUT2D eigenvalue weighted by Crippen LogP contribution is 2.35. The first-order valence-corrected chi connectivity index (χ1v) is 7.79. The summed E-state index contributed by atoms with van der Waals surface area (Å²) in [7, 11) is 0. The molecule has 0 aliphatic heterocycles. The van der Waals surface area contributed by atoms with Crippen LogP contribution in [0.2, 0.25) is 0 Å². The fraction of sp³-hybridized carbons (Fsp3) is 0.200. The molecule has 0 unspecified atom stereocenters. The van der Waals surface area contributed by atoms with Gasteiger partial charge in [0.2, 0.25) is 0 Å². The Morgan fingerprint density at radius 3 is 2.21 bits per heavy atom. The van der Waals surface area contributed by atoms with E-state index in [2.05, 4.69) is 36.3 Å². The molecular formula is C5H3BrN4S4. The lowest BCUT2D eigenvalue weighted by Gasteiger charge is -1.84. The number of nitrogens with zero attached hydrogens (tertiary/aromatic N) is 4. The molecule has 0 saturated carbocycles. The standard InChI is InChI=1S/C5H3BrN4S4/c1-11-3-8-10-5(13-3)14-4-9-7-2(6)12-4/h1H3. The second-order valence-corrected chi connectivity index (χ2v) is 7.74. The van der Waals surface area contributed by atoms with Gasteiger partial charge < -0.3 is 0 Å². The Kier molecular flexibility index (Phi) is 3.77. The summed E-state index contributed by atoms with van der Waals surface area (Å²) in [6.07, 6.45) is 1.98. The Balaban J connectivity index is 2.10. The van der Waals surface area contributed by atoms with Crippen LogP contribution in [0.25, 0.3) is 0 Å². The molecule has 4 nitrogen and oxygen atoms in total. The summed E-state index contributed by atoms with van der Waals surface area (Å²) in [5.41, 5.74) is 0. The molecule has 9 heteroatoms. The monoisotopic (exact) mass is 326 g/mol. The zero-order valence-corrected chi connectivity index (χ0v) is 11.7. The summed E-state index contributed by atoms with van der Waals surface area (Å²) in [6.45, 7) is 0. The molecule has 2 heterocycles. The maximum absolute atomic E-state index is 4.03. The summed E-state index contributed by atoms with van der Waals surface area (Å²) in [5, 5.41) is 15.8. The van der Waals surface area contributed by atoms with Crippen molar-refractivity contribution in [3.05, 3.63) is 3.92 Å². The molecule has 0 amide bonds. The number of rotatable bonds is 3. The molecular weight excluding hydrogens is 324 g/mol. The molecule has 0 spiro atoms. The van der Waals surface area contributed by atoms with Crippen molar-refractivity contribution in [2.24, 2.45) is 0 Å². The third-order valence-electron chi connectivity index (χ3n) is 1.12. The van der Waals surface area contributed by atoms with E-state index in [9.17, 15) is 0 Å². The summed E-state index contributed by atoms with van der Waals surface area (Å²) >= 11 is 9.40. The minimum absolute atomic E-state index is 0.787. The van der Waals surface area contributed by atoms with Gasteiger partial charge in [-0.2, -0.15) is 0 Å². The van der Waals surface area contributed by atoms with E-state index in [-0.39, 0.29) is 0 Å². The molecule has 2 rings (SSSR count). The van der Waals surface area contributed by atoms with E-state index < -0.39 is 0 Å². The summed E-state index contributed by atoms with van der Waals surface area (Å²) in [5.74, 6) is 0. The number of hydrogen-bond acceptors (Lipinski definition) is 8. The van der Waals surface area contributed by atoms with Gasteiger partial charge in [0, 0.05) is 0 Å². The van der Waals surface area contributed by atoms with Gasteiger partial charge in [0.25, 0.3) is 0 Å². The van der Waals surface area contributed by atoms with E-state index in [1.807, 2.05) is 6.26 Å². The Morgan fingerprint density at radius 2 is 1.64 bits per heavy atom. The fourth-order valence-corrected chi connectivity index (χ4v) is 4.71. The first-order valence-electron chi connectivity index (χ1n) is 3.32. The normalized spacial score (nSPS) is 10.7. The van der Waals surface area contributed by atoms with Crippen molar-refractivity contribution in [3.8, 4) is 0 Å². The van der Waals surface area contributed by atoms with Gasteiger partial charge in [0.15, 0.2) is 16.9 Å². The molecule has 0 aliphatic carbocycles. The first-order chi connectivity index (χ1) is 6.78. The molecule has 0 saturated heterocycles. The highest BCUT2D eigenvalue weighted by molar-refractivity contribution is 9.11. The van der Waals surface area contributed by atoms with E-state index >= 15 is 0 Å². The second kappa shape index (κ2) is 4.88. The van der Waals surface area contributed by atoms with Crippen molar-refractivity contribution in [2.45, 2.75) is 13.0 Å². The minimum atomic E-state index is 0.787. The van der Waals surface area contributed by atoms with Crippen LogP contribution in [0.5, 0.6) is 0 Å². The van der Waals surface area contributed by atoms with Crippen LogP contribution in [0.4, 0.5) is 0 Å². The molecule has 2 aromatic heterocycles. The Hall–Kier alpha value is 0.300. The average Bonchev–Trinajstić information content (AvgIpc) is 2.76. The molecule has 0 fully saturated rings. The van der Waals surface area contributed by atoms with Crippen LogP contribution in [0.1, 0.15) is 0 Å². The van der Waals surface area contributed by atoms with Crippen LogP contribution in [-0.2, 0) is 0 Å². The first kappa shape index (κ1) is 10.8. The molecule has 0 atom stereocenters. The van der Waals surface area contributed by atoms with E-state index in [4.69, 9.17) is 0 Å². The zero-order valence-electron chi connectivity index (χ0n) is 6.80. The van der Waals surface area contributed by atoms with E-state index in [1.165, 1.54) is 23.1 Å². The van der Waals surface area contributed by atoms with Crippen molar-refractivity contribution in [3.63, 3.8) is 0 Å². The zero-order chi connectivity index (χ0) is 9.97. The molecule has 14 heavy (non-hydrogen) atoms. The van der Waals surface area contributed by atoms with Gasteiger partial charge in [-0.05, 0) is 33.9 Å². The predicted octanol–water partition coefficient (Wildman–Crippen LogP) is 3.03. The quantitative estimate of drug-likeness (QED) is 0.808. The molecule has 74 valence electrons. The highest BCUT2D eigenvalue weighted by Gasteiger charge is 2.08. The van der Waals surface area contributed by atoms with Crippen molar-refractivity contribution < 1.29 is 0 Å². The number of hydrogen-bond donors (Lipinski definition) is 0. The van der Waals surface area contributed by atoms with Gasteiger partial charge in [-0.25, -0.2) is 0 Å². The van der Waals surface area contributed by atoms with Crippen molar-refractivity contribution in [1.29, 1.82) is 0 Å². The lowest BCUT2D eigenvalue weighted by atomic mass is 11.5. The Labute approximate surface area is 105 Å². The van der Waals surface area contributed by atoms with Gasteiger partial charge in [0.05, 0.1) is 0 Å². The van der Waals surface area contributed by atoms with Gasteiger partial charge in [-0.3, -0.25) is 0 Å². The molecule has 0 aromatic carbocycles. The SMILES string of the molecule is CSc1nnc(Sc2nnc(Br)s2)s1. The summed E-state index contributed by atoms with van der Waals surface area (Å²) in [4.78, 5) is 0. The lowest BCUT2D eigenvalue weighted by molar-refractivity contribution is 0.950. The third-order valence-corrected chi connectivity index (χ3v) is 5.48. The van der Waals surface area contributed by atoms with Crippen LogP contribution in [0, 0.1) is 0 Å². The molecule has 0 bridgehead atoms. The van der Waals surface area contributed by atoms with Crippen LogP contribution < -0.4 is 0 Å². The Bertz CT molecular complexity index is 427. The third kappa shape index (κ3) is 2.66. The molecule has 0 aliphatic rings. The van der Waals surface area contributed by atoms with Crippen molar-refractivity contribution in [1.82, 2.24) is 20.4 Å². The van der Waals surface area contributed by atoms with Crippen molar-refractivity contribution in [2.75, 3.05) is 6.26 Å². The number of aromatic nitrogens is 4. The minimum Gasteiger partial charge on any atom is -0.131 e. The predicted molar refractivity (Wildman–Crippen MR) is 63.4 cm³/mol. The Morgan fingerprint density at radius 1 is 1.00 bits per heavy atom. The topological polar surface area (TPSA) is 51.6 Å². The smallest absolute Gasteiger partial charge is 0.131 e. The van der Waals surface area contributed by atoms with Gasteiger partial charge >= 0.3 is 0 Å². The van der Waals surface area contributed by atoms with E-state index in [0.717, 1.165) is 16.9 Å². The van der Waals surface area contributed by atoms with Crippen molar-refractivity contribution >= 4 is 62.1 Å². The van der Waals surface area contributed by atoms with Gasteiger partial charge in [-0.15, -0.1) is 20.4 Å². The molecule has 2 aromatic rings. The van der Waals surface area contributed by atoms with E-state index in [1.54, 1.807) is 23.1 Å². The van der Waals surface area contributed by atoms with Crippen LogP contribution in [0.15, 0.2) is 16.9 Å². The maximum atomic E-state index is 4.03. The largest absolute Gasteiger partial charge is 0.184 e. The summed E-state index contributed by atoms with van der Waals surface area (Å²) < 4.78 is 3.53. The molecule has 0 radical (unpaired) electrons. The van der Waals surface area contributed by atoms with Gasteiger partial charge in [0.1, 0.15) is 0 Å².